The van der Waals surface area contributed by atoms with Crippen molar-refractivity contribution in [1.29, 1.82) is 0 Å². The van der Waals surface area contributed by atoms with Gasteiger partial charge in [0.05, 0.1) is 18.1 Å². The first-order valence-corrected chi connectivity index (χ1v) is 9.25. The van der Waals surface area contributed by atoms with Crippen LogP contribution in [-0.2, 0) is 11.2 Å². The molecule has 2 aromatic carbocycles. The number of piperidine rings is 1. The van der Waals surface area contributed by atoms with E-state index in [4.69, 9.17) is 4.74 Å². The zero-order valence-corrected chi connectivity index (χ0v) is 15.6. The van der Waals surface area contributed by atoms with E-state index in [9.17, 15) is 14.7 Å². The molecular weight excluding hydrogens is 342 g/mol. The predicted octanol–water partition coefficient (Wildman–Crippen LogP) is 3.64. The van der Waals surface area contributed by atoms with Crippen LogP contribution in [-0.4, -0.2) is 42.1 Å². The molecule has 2 aromatic rings. The molecule has 1 aliphatic rings. The quantitative estimate of drug-likeness (QED) is 0.847. The summed E-state index contributed by atoms with van der Waals surface area (Å²) in [5, 5.41) is 9.87. The zero-order chi connectivity index (χ0) is 19.3. The molecule has 0 aromatic heterocycles. The number of aliphatic carboxylic acids is 1. The van der Waals surface area contributed by atoms with Gasteiger partial charge in [0.15, 0.2) is 0 Å². The van der Waals surface area contributed by atoms with Crippen molar-refractivity contribution >= 4 is 11.9 Å². The maximum absolute atomic E-state index is 12.8. The normalized spacial score (nSPS) is 16.0. The topological polar surface area (TPSA) is 66.8 Å². The van der Waals surface area contributed by atoms with Gasteiger partial charge in [-0.25, -0.2) is 0 Å². The van der Waals surface area contributed by atoms with E-state index < -0.39 is 11.4 Å². The van der Waals surface area contributed by atoms with Gasteiger partial charge in [0.2, 0.25) is 0 Å². The van der Waals surface area contributed by atoms with Gasteiger partial charge < -0.3 is 14.7 Å². The van der Waals surface area contributed by atoms with Crippen LogP contribution in [0.25, 0.3) is 0 Å². The number of carbonyl (C=O) groups excluding carboxylic acids is 1. The summed E-state index contributed by atoms with van der Waals surface area (Å²) in [7, 11) is 1.54. The number of hydrogen-bond donors (Lipinski definition) is 1. The number of carboxylic acid groups (broad SMARTS) is 1. The fourth-order valence-electron chi connectivity index (χ4n) is 3.73. The first-order valence-electron chi connectivity index (χ1n) is 9.25. The van der Waals surface area contributed by atoms with Crippen LogP contribution < -0.4 is 4.74 Å². The lowest BCUT2D eigenvalue weighted by molar-refractivity contribution is -0.152. The molecule has 27 heavy (non-hydrogen) atoms. The van der Waals surface area contributed by atoms with Crippen molar-refractivity contribution in [2.75, 3.05) is 20.2 Å². The fraction of sp³-hybridized carbons (Fsp3) is 0.364. The molecule has 0 saturated carbocycles. The third-order valence-corrected chi connectivity index (χ3v) is 5.53. The Bertz CT molecular complexity index is 795. The number of aryl methyl sites for hydroxylation is 1. The summed E-state index contributed by atoms with van der Waals surface area (Å²) in [4.78, 5) is 26.6. The number of nitrogens with zero attached hydrogens (tertiary/aromatic N) is 1. The van der Waals surface area contributed by atoms with Gasteiger partial charge in [-0.2, -0.15) is 0 Å². The van der Waals surface area contributed by atoms with Crippen molar-refractivity contribution < 1.29 is 19.4 Å². The Morgan fingerprint density at radius 2 is 1.67 bits per heavy atom. The zero-order valence-electron chi connectivity index (χ0n) is 15.6. The summed E-state index contributed by atoms with van der Waals surface area (Å²) < 4.78 is 5.28. The molecular formula is C22H25NO4. The first kappa shape index (κ1) is 19.0. The smallest absolute Gasteiger partial charge is 0.309 e. The van der Waals surface area contributed by atoms with Gasteiger partial charge in [0.25, 0.3) is 5.91 Å². The predicted molar refractivity (Wildman–Crippen MR) is 103 cm³/mol. The van der Waals surface area contributed by atoms with E-state index in [-0.39, 0.29) is 5.91 Å². The Morgan fingerprint density at radius 3 is 2.30 bits per heavy atom. The second-order valence-corrected chi connectivity index (χ2v) is 7.06. The molecule has 3 rings (SSSR count). The van der Waals surface area contributed by atoms with E-state index in [0.717, 1.165) is 12.0 Å². The number of ether oxygens (including phenoxy) is 1. The molecule has 1 heterocycles. The van der Waals surface area contributed by atoms with E-state index in [1.807, 2.05) is 36.4 Å². The number of para-hydroxylation sites is 1. The Morgan fingerprint density at radius 1 is 1.04 bits per heavy atom. The summed E-state index contributed by atoms with van der Waals surface area (Å²) >= 11 is 0. The largest absolute Gasteiger partial charge is 0.496 e. The van der Waals surface area contributed by atoms with Crippen LogP contribution >= 0.6 is 0 Å². The van der Waals surface area contributed by atoms with Crippen LogP contribution in [0.3, 0.4) is 0 Å². The number of amides is 1. The van der Waals surface area contributed by atoms with Gasteiger partial charge in [-0.15, -0.1) is 0 Å². The van der Waals surface area contributed by atoms with Crippen molar-refractivity contribution in [3.8, 4) is 5.75 Å². The number of likely N-dealkylation sites (tertiary alicyclic amines) is 1. The summed E-state index contributed by atoms with van der Waals surface area (Å²) in [6.45, 7) is 0.885. The highest BCUT2D eigenvalue weighted by atomic mass is 16.5. The Kier molecular flexibility index (Phi) is 5.79. The number of rotatable bonds is 6. The molecule has 1 fully saturated rings. The van der Waals surface area contributed by atoms with Crippen LogP contribution in [0.4, 0.5) is 0 Å². The molecule has 1 aliphatic heterocycles. The lowest BCUT2D eigenvalue weighted by Crippen LogP contribution is -2.46. The van der Waals surface area contributed by atoms with Crippen LogP contribution in [0.15, 0.2) is 54.6 Å². The minimum Gasteiger partial charge on any atom is -0.496 e. The Labute approximate surface area is 159 Å². The number of benzene rings is 2. The van der Waals surface area contributed by atoms with Crippen LogP contribution in [0, 0.1) is 5.41 Å². The lowest BCUT2D eigenvalue weighted by Gasteiger charge is -2.39. The Hall–Kier alpha value is -2.82. The summed E-state index contributed by atoms with van der Waals surface area (Å²) in [6.07, 6.45) is 2.25. The highest BCUT2D eigenvalue weighted by molar-refractivity contribution is 5.97. The van der Waals surface area contributed by atoms with Crippen LogP contribution in [0.2, 0.25) is 0 Å². The van der Waals surface area contributed by atoms with E-state index in [1.54, 1.807) is 30.2 Å². The number of hydrogen-bond acceptors (Lipinski definition) is 3. The fourth-order valence-corrected chi connectivity index (χ4v) is 3.73. The third-order valence-electron chi connectivity index (χ3n) is 5.53. The Balaban J connectivity index is 1.67. The van der Waals surface area contributed by atoms with E-state index in [0.29, 0.717) is 43.7 Å². The molecule has 1 N–H and O–H groups in total. The molecule has 1 amide bonds. The van der Waals surface area contributed by atoms with Crippen molar-refractivity contribution in [3.05, 3.63) is 65.7 Å². The second kappa shape index (κ2) is 8.25. The van der Waals surface area contributed by atoms with Gasteiger partial charge in [-0.05, 0) is 43.4 Å². The van der Waals surface area contributed by atoms with E-state index in [1.165, 1.54) is 0 Å². The first-order chi connectivity index (χ1) is 13.1. The average Bonchev–Trinajstić information content (AvgIpc) is 2.72. The summed E-state index contributed by atoms with van der Waals surface area (Å²) in [5.41, 5.74) is 0.894. The standard InChI is InChI=1S/C22H25NO4/c1-27-19-10-6-5-9-18(19)20(24)23-15-13-22(14-16-23,21(25)26)12-11-17-7-3-2-4-8-17/h2-10H,11-16H2,1H3,(H,25,26). The molecule has 0 bridgehead atoms. The second-order valence-electron chi connectivity index (χ2n) is 7.06. The molecule has 0 spiro atoms. The van der Waals surface area contributed by atoms with Crippen molar-refractivity contribution in [2.45, 2.75) is 25.7 Å². The highest BCUT2D eigenvalue weighted by Gasteiger charge is 2.42. The van der Waals surface area contributed by atoms with Crippen LogP contribution in [0.1, 0.15) is 35.2 Å². The van der Waals surface area contributed by atoms with Crippen molar-refractivity contribution in [2.24, 2.45) is 5.41 Å². The minimum atomic E-state index is -0.770. The van der Waals surface area contributed by atoms with E-state index >= 15 is 0 Å². The molecule has 5 heteroatoms. The number of carbonyl (C=O) groups is 2. The van der Waals surface area contributed by atoms with Crippen molar-refractivity contribution in [1.82, 2.24) is 4.90 Å². The molecule has 0 unspecified atom stereocenters. The SMILES string of the molecule is COc1ccccc1C(=O)N1CCC(CCc2ccccc2)(C(=O)O)CC1. The maximum Gasteiger partial charge on any atom is 0.309 e. The van der Waals surface area contributed by atoms with E-state index in [2.05, 4.69) is 0 Å². The van der Waals surface area contributed by atoms with Gasteiger partial charge in [0.1, 0.15) is 5.75 Å². The molecule has 142 valence electrons. The molecule has 0 aliphatic carbocycles. The molecule has 1 saturated heterocycles. The van der Waals surface area contributed by atoms with Gasteiger partial charge in [-0.3, -0.25) is 9.59 Å². The highest BCUT2D eigenvalue weighted by Crippen LogP contribution is 2.37. The summed E-state index contributed by atoms with van der Waals surface area (Å²) in [5.74, 6) is -0.320. The lowest BCUT2D eigenvalue weighted by atomic mass is 9.74. The summed E-state index contributed by atoms with van der Waals surface area (Å²) in [6, 6.07) is 17.1. The number of methoxy groups -OCH3 is 1. The van der Waals surface area contributed by atoms with Crippen molar-refractivity contribution in [3.63, 3.8) is 0 Å². The minimum absolute atomic E-state index is 0.102. The van der Waals surface area contributed by atoms with Crippen LogP contribution in [0.5, 0.6) is 5.75 Å². The monoisotopic (exact) mass is 367 g/mol. The van der Waals surface area contributed by atoms with Gasteiger partial charge in [0, 0.05) is 13.1 Å². The number of carboxylic acids is 1. The molecule has 0 radical (unpaired) electrons. The average molecular weight is 367 g/mol. The van der Waals surface area contributed by atoms with Gasteiger partial charge in [-0.1, -0.05) is 42.5 Å². The van der Waals surface area contributed by atoms with Gasteiger partial charge >= 0.3 is 5.97 Å². The molecule has 0 atom stereocenters. The maximum atomic E-state index is 12.8. The third kappa shape index (κ3) is 4.13. The molecule has 5 nitrogen and oxygen atoms in total.